The van der Waals surface area contributed by atoms with E-state index < -0.39 is 12.2 Å². The molecule has 2 aliphatic rings. The Morgan fingerprint density at radius 3 is 2.23 bits per heavy atom. The minimum atomic E-state index is -0.716. The van der Waals surface area contributed by atoms with Gasteiger partial charge in [-0.1, -0.05) is 80.6 Å². The molecule has 3 amide bonds. The van der Waals surface area contributed by atoms with Crippen LogP contribution < -0.4 is 5.32 Å². The number of hydrogen-bond acceptors (Lipinski definition) is 6. The Hall–Kier alpha value is -3.53. The predicted molar refractivity (Wildman–Crippen MR) is 156 cm³/mol. The molecule has 1 aromatic heterocycles. The zero-order chi connectivity index (χ0) is 28.2. The third-order valence-electron chi connectivity index (χ3n) is 6.54. The van der Waals surface area contributed by atoms with Crippen LogP contribution in [0.4, 0.5) is 0 Å². The molecule has 2 aromatic carbocycles. The highest BCUT2D eigenvalue weighted by atomic mass is 32.1. The van der Waals surface area contributed by atoms with Crippen molar-refractivity contribution in [2.75, 3.05) is 33.7 Å². The summed E-state index contributed by atoms with van der Waals surface area (Å²) < 4.78 is 0. The number of hydrazine groups is 1. The third kappa shape index (κ3) is 7.53. The fourth-order valence-corrected chi connectivity index (χ4v) is 5.44. The van der Waals surface area contributed by atoms with Crippen molar-refractivity contribution < 1.29 is 14.4 Å². The Bertz CT molecular complexity index is 1160. The zero-order valence-corrected chi connectivity index (χ0v) is 24.0. The second-order valence-corrected chi connectivity index (χ2v) is 10.1. The maximum Gasteiger partial charge on any atom is 0.250 e. The Balaban J connectivity index is 0.000000322. The molecule has 9 heteroatoms. The molecular weight excluding hydrogens is 510 g/mol. The molecule has 2 atom stereocenters. The van der Waals surface area contributed by atoms with Crippen molar-refractivity contribution in [2.24, 2.45) is 0 Å². The maximum atomic E-state index is 13.4. The van der Waals surface area contributed by atoms with Gasteiger partial charge in [0, 0.05) is 25.0 Å². The van der Waals surface area contributed by atoms with Crippen LogP contribution in [0.15, 0.2) is 78.2 Å². The van der Waals surface area contributed by atoms with Gasteiger partial charge in [-0.05, 0) is 36.0 Å². The molecule has 0 saturated carbocycles. The lowest BCUT2D eigenvalue weighted by Crippen LogP contribution is -2.71. The van der Waals surface area contributed by atoms with Crippen molar-refractivity contribution in [2.45, 2.75) is 39.0 Å². The van der Waals surface area contributed by atoms with Crippen molar-refractivity contribution >= 4 is 29.6 Å². The Labute approximate surface area is 235 Å². The van der Waals surface area contributed by atoms with Crippen molar-refractivity contribution in [3.05, 3.63) is 94.2 Å². The number of nitrogens with zero attached hydrogens (tertiary/aromatic N) is 4. The van der Waals surface area contributed by atoms with Crippen LogP contribution in [0.2, 0.25) is 0 Å². The number of carbonyl (C=O) groups excluding carboxylic acids is 3. The van der Waals surface area contributed by atoms with Gasteiger partial charge in [0.25, 0.3) is 0 Å². The first-order chi connectivity index (χ1) is 19.0. The van der Waals surface area contributed by atoms with Gasteiger partial charge in [-0.2, -0.15) is 0 Å². The second-order valence-electron chi connectivity index (χ2n) is 9.03. The molecule has 3 aromatic rings. The zero-order valence-electron chi connectivity index (χ0n) is 23.2. The lowest BCUT2D eigenvalue weighted by Gasteiger charge is -2.53. The summed E-state index contributed by atoms with van der Waals surface area (Å²) in [4.78, 5) is 42.5. The quantitative estimate of drug-likeness (QED) is 0.454. The van der Waals surface area contributed by atoms with E-state index >= 15 is 0 Å². The molecule has 8 nitrogen and oxygen atoms in total. The van der Waals surface area contributed by atoms with Crippen molar-refractivity contribution in [1.82, 2.24) is 25.1 Å². The summed E-state index contributed by atoms with van der Waals surface area (Å²) in [5.41, 5.74) is 2.10. The lowest BCUT2D eigenvalue weighted by molar-refractivity contribution is -0.196. The summed E-state index contributed by atoms with van der Waals surface area (Å²) in [7, 11) is 3.67. The number of rotatable bonds is 7. The molecule has 2 aliphatic heterocycles. The number of carbonyl (C=O) groups is 3. The van der Waals surface area contributed by atoms with E-state index in [1.54, 1.807) is 33.2 Å². The summed E-state index contributed by atoms with van der Waals surface area (Å²) in [6, 6.07) is 23.0. The van der Waals surface area contributed by atoms with Crippen LogP contribution in [0.25, 0.3) is 0 Å². The number of benzene rings is 2. The van der Waals surface area contributed by atoms with Gasteiger partial charge < -0.3 is 15.1 Å². The van der Waals surface area contributed by atoms with Crippen molar-refractivity contribution in [3.8, 4) is 0 Å². The first-order valence-corrected chi connectivity index (χ1v) is 14.2. The molecule has 3 heterocycles. The van der Waals surface area contributed by atoms with Crippen molar-refractivity contribution in [3.63, 3.8) is 0 Å². The van der Waals surface area contributed by atoms with Gasteiger partial charge >= 0.3 is 0 Å². The van der Waals surface area contributed by atoms with E-state index in [1.807, 2.05) is 80.9 Å². The van der Waals surface area contributed by atoms with E-state index in [0.717, 1.165) is 24.9 Å². The largest absolute Gasteiger partial charge is 0.336 e. The van der Waals surface area contributed by atoms with Crippen LogP contribution in [0.3, 0.4) is 0 Å². The van der Waals surface area contributed by atoms with Gasteiger partial charge in [0.1, 0.15) is 12.2 Å². The predicted octanol–water partition coefficient (Wildman–Crippen LogP) is 3.78. The molecule has 2 saturated heterocycles. The molecule has 1 unspecified atom stereocenters. The molecule has 0 aliphatic carbocycles. The van der Waals surface area contributed by atoms with E-state index in [0.29, 0.717) is 13.1 Å². The molecule has 39 heavy (non-hydrogen) atoms. The fraction of sp³-hybridized carbons (Fsp3) is 0.367. The van der Waals surface area contributed by atoms with E-state index in [-0.39, 0.29) is 18.4 Å². The SMILES string of the molecule is CC.CN1CC(=O)N2C(CN(CCc3cccs3)C(=O)[C@@H]2c2ccccc2)N1C=O.CNCc1ccccc1. The number of likely N-dealkylation sites (N-methyl/N-ethyl adjacent to an activating group) is 1. The molecule has 0 radical (unpaired) electrons. The molecule has 0 spiro atoms. The molecule has 208 valence electrons. The van der Waals surface area contributed by atoms with Crippen LogP contribution in [-0.4, -0.2) is 77.9 Å². The van der Waals surface area contributed by atoms with Gasteiger partial charge in [-0.25, -0.2) is 5.01 Å². The van der Waals surface area contributed by atoms with E-state index in [1.165, 1.54) is 15.4 Å². The summed E-state index contributed by atoms with van der Waals surface area (Å²) in [6.45, 7) is 5.89. The minimum Gasteiger partial charge on any atom is -0.336 e. The lowest BCUT2D eigenvalue weighted by atomic mass is 9.98. The Morgan fingerprint density at radius 1 is 0.974 bits per heavy atom. The van der Waals surface area contributed by atoms with Crippen LogP contribution in [0, 0.1) is 0 Å². The highest BCUT2D eigenvalue weighted by Gasteiger charge is 2.49. The smallest absolute Gasteiger partial charge is 0.250 e. The summed E-state index contributed by atoms with van der Waals surface area (Å²) in [6.07, 6.45) is 0.983. The second kappa shape index (κ2) is 15.2. The van der Waals surface area contributed by atoms with Crippen LogP contribution in [0.1, 0.15) is 35.9 Å². The van der Waals surface area contributed by atoms with Crippen LogP contribution >= 0.6 is 11.3 Å². The van der Waals surface area contributed by atoms with Gasteiger partial charge in [0.15, 0.2) is 0 Å². The highest BCUT2D eigenvalue weighted by molar-refractivity contribution is 7.09. The van der Waals surface area contributed by atoms with Gasteiger partial charge in [0.05, 0.1) is 13.1 Å². The summed E-state index contributed by atoms with van der Waals surface area (Å²) >= 11 is 1.66. The van der Waals surface area contributed by atoms with Crippen LogP contribution in [0.5, 0.6) is 0 Å². The monoisotopic (exact) mass is 549 g/mol. The van der Waals surface area contributed by atoms with Crippen molar-refractivity contribution in [1.29, 1.82) is 0 Å². The number of amides is 3. The topological polar surface area (TPSA) is 76.2 Å². The first-order valence-electron chi connectivity index (χ1n) is 13.3. The first kappa shape index (κ1) is 30.0. The summed E-state index contributed by atoms with van der Waals surface area (Å²) in [5, 5.41) is 8.24. The average Bonchev–Trinajstić information content (AvgIpc) is 3.49. The molecule has 0 bridgehead atoms. The maximum absolute atomic E-state index is 13.4. The average molecular weight is 550 g/mol. The minimum absolute atomic E-state index is 0.0705. The molecule has 2 fully saturated rings. The van der Waals surface area contributed by atoms with Gasteiger partial charge in [-0.15, -0.1) is 11.3 Å². The molecule has 5 rings (SSSR count). The molecular formula is C30H39N5O3S. The number of thiophene rings is 1. The van der Waals surface area contributed by atoms with E-state index in [4.69, 9.17) is 0 Å². The van der Waals surface area contributed by atoms with Crippen LogP contribution in [-0.2, 0) is 27.3 Å². The Morgan fingerprint density at radius 2 is 1.64 bits per heavy atom. The number of nitrogens with one attached hydrogen (secondary N) is 1. The highest BCUT2D eigenvalue weighted by Crippen LogP contribution is 2.33. The number of fused-ring (bicyclic) bond motifs is 1. The Kier molecular flexibility index (Phi) is 11.7. The van der Waals surface area contributed by atoms with E-state index in [2.05, 4.69) is 23.5 Å². The summed E-state index contributed by atoms with van der Waals surface area (Å²) in [5.74, 6) is -0.242. The van der Waals surface area contributed by atoms with Gasteiger partial charge in [0.2, 0.25) is 18.2 Å². The van der Waals surface area contributed by atoms with Gasteiger partial charge in [-0.3, -0.25) is 19.4 Å². The normalized spacial score (nSPS) is 18.9. The van der Waals surface area contributed by atoms with E-state index in [9.17, 15) is 14.4 Å². The standard InChI is InChI=1S/C20H22N4O3S.C8H11N.C2H6/c1-21-13-18(26)24-17(23(21)14-25)12-22(10-9-16-8-5-11-28-16)20(27)19(24)15-6-3-2-4-7-15;1-9-7-8-5-3-2-4-6-8;1-2/h2-8,11,14,17,19H,9-10,12-13H2,1H3;2-6,9H,7H2,1H3;1-2H3/t17?,19-;;/m0../s1. The number of hydrogen-bond donors (Lipinski definition) is 1. The fourth-order valence-electron chi connectivity index (χ4n) is 4.74. The molecule has 1 N–H and O–H groups in total. The number of piperazine rings is 1. The third-order valence-corrected chi connectivity index (χ3v) is 7.47.